The van der Waals surface area contributed by atoms with Crippen molar-refractivity contribution in [1.29, 1.82) is 0 Å². The second kappa shape index (κ2) is 142. The summed E-state index contributed by atoms with van der Waals surface area (Å²) in [6.07, 6.45) is 0. The van der Waals surface area contributed by atoms with Crippen LogP contribution in [-0.2, 0) is 83.0 Å². The molecule has 11 heteroatoms. The van der Waals surface area contributed by atoms with Crippen LogP contribution in [0.25, 0.3) is 0 Å². The monoisotopic (exact) mass is 352 g/mol. The SMILES string of the molecule is [Al+3].[Al+3].[Co].[Co].[H-].[H-].[Li+].[Li+].[Ni].[Ni].[O-2].[O-2].[O-2]. The van der Waals surface area contributed by atoms with E-state index in [1.807, 2.05) is 0 Å². The van der Waals surface area contributed by atoms with E-state index in [1.165, 1.54) is 0 Å². The van der Waals surface area contributed by atoms with Gasteiger partial charge in [-0.25, -0.2) is 0 Å². The van der Waals surface area contributed by atoms with Crippen LogP contribution in [0.3, 0.4) is 0 Å². The third-order valence-electron chi connectivity index (χ3n) is 0. The first-order valence-corrected chi connectivity index (χ1v) is 0. The van der Waals surface area contributed by atoms with Crippen LogP contribution in [0.2, 0.25) is 0 Å². The Morgan fingerprint density at radius 3 is 0.545 bits per heavy atom. The maximum absolute atomic E-state index is 0. The first-order valence-electron chi connectivity index (χ1n) is 0. The summed E-state index contributed by atoms with van der Waals surface area (Å²) in [5, 5.41) is 0. The molecule has 0 aromatic rings. The predicted octanol–water partition coefficient (Wildman–Crippen LogP) is -6.90. The average molecular weight is 353 g/mol. The second-order valence-corrected chi connectivity index (χ2v) is 0. The van der Waals surface area contributed by atoms with Crippen LogP contribution in [-0.4, -0.2) is 34.7 Å². The van der Waals surface area contributed by atoms with Gasteiger partial charge >= 0.3 is 72.4 Å². The zero-order valence-electron chi connectivity index (χ0n) is 7.68. The summed E-state index contributed by atoms with van der Waals surface area (Å²) < 4.78 is 0. The largest absolute Gasteiger partial charge is 3.00 e. The molecule has 0 bridgehead atoms. The average Bonchev–Trinajstić information content (AvgIpc) is 0. The summed E-state index contributed by atoms with van der Waals surface area (Å²) in [6.45, 7) is 0. The van der Waals surface area contributed by atoms with Crippen molar-refractivity contribution in [3.8, 4) is 0 Å². The quantitative estimate of drug-likeness (QED) is 0.388. The first-order chi connectivity index (χ1) is 0. The van der Waals surface area contributed by atoms with Gasteiger partial charge in [-0.2, -0.15) is 0 Å². The topological polar surface area (TPSA) is 85.5 Å². The summed E-state index contributed by atoms with van der Waals surface area (Å²) in [7, 11) is 0. The van der Waals surface area contributed by atoms with Crippen molar-refractivity contribution >= 4 is 34.7 Å². The third-order valence-corrected chi connectivity index (χ3v) is 0. The molecule has 0 spiro atoms. The molecule has 2 radical (unpaired) electrons. The van der Waals surface area contributed by atoms with Crippen molar-refractivity contribution in [2.75, 3.05) is 0 Å². The summed E-state index contributed by atoms with van der Waals surface area (Å²) >= 11 is 0. The Bertz CT molecular complexity index is 33.4. The van der Waals surface area contributed by atoms with Gasteiger partial charge in [0.2, 0.25) is 0 Å². The van der Waals surface area contributed by atoms with E-state index >= 15 is 0 Å². The maximum Gasteiger partial charge on any atom is 3.00 e. The van der Waals surface area contributed by atoms with Gasteiger partial charge in [-0.15, -0.1) is 0 Å². The minimum atomic E-state index is 0. The summed E-state index contributed by atoms with van der Waals surface area (Å²) in [5.74, 6) is 0. The van der Waals surface area contributed by atoms with Crippen molar-refractivity contribution in [2.24, 2.45) is 0 Å². The molecule has 0 saturated carbocycles. The Kier molecular flexibility index (Phi) is 2290. The van der Waals surface area contributed by atoms with E-state index in [9.17, 15) is 0 Å². The molecule has 0 aromatic heterocycles. The number of rotatable bonds is 0. The van der Waals surface area contributed by atoms with E-state index in [1.54, 1.807) is 0 Å². The fourth-order valence-corrected chi connectivity index (χ4v) is 0. The standard InChI is InChI=1S/2Al.2Co.2Li.2Ni.3O.2H/q2*+3;;;2*+1;;;3*-2;2*-1. The van der Waals surface area contributed by atoms with Gasteiger partial charge in [0, 0.05) is 66.5 Å². The van der Waals surface area contributed by atoms with Crippen molar-refractivity contribution in [3.63, 3.8) is 0 Å². The van der Waals surface area contributed by atoms with Crippen molar-refractivity contribution < 1.29 is 124 Å². The first kappa shape index (κ1) is 177. The molecule has 11 heavy (non-hydrogen) atoms. The molecule has 0 heterocycles. The van der Waals surface area contributed by atoms with Crippen LogP contribution in [0.4, 0.5) is 0 Å². The van der Waals surface area contributed by atoms with Crippen LogP contribution in [0.5, 0.6) is 0 Å². The van der Waals surface area contributed by atoms with Gasteiger partial charge in [0.1, 0.15) is 0 Å². The van der Waals surface area contributed by atoms with Crippen LogP contribution >= 0.6 is 0 Å². The Labute approximate surface area is 156 Å². The summed E-state index contributed by atoms with van der Waals surface area (Å²) in [4.78, 5) is 0. The molecular weight excluding hydrogens is 351 g/mol. The minimum Gasteiger partial charge on any atom is -2.00 e. The van der Waals surface area contributed by atoms with Crippen LogP contribution in [0, 0.1) is 0 Å². The minimum absolute atomic E-state index is 0. The van der Waals surface area contributed by atoms with Gasteiger partial charge in [-0.3, -0.25) is 0 Å². The molecule has 0 fully saturated rings. The Morgan fingerprint density at radius 1 is 0.545 bits per heavy atom. The van der Waals surface area contributed by atoms with E-state index in [0.717, 1.165) is 0 Å². The van der Waals surface area contributed by atoms with E-state index in [-0.39, 0.29) is 158 Å². The zero-order valence-corrected chi connectivity index (χ0v) is 12.0. The molecule has 0 aliphatic heterocycles. The van der Waals surface area contributed by atoms with Gasteiger partial charge < -0.3 is 19.3 Å². The molecule has 0 atom stereocenters. The normalized spacial score (nSPS) is 0. The molecule has 0 N–H and O–H groups in total. The molecule has 0 aliphatic carbocycles. The summed E-state index contributed by atoms with van der Waals surface area (Å²) in [5.41, 5.74) is 0. The van der Waals surface area contributed by atoms with Crippen molar-refractivity contribution in [1.82, 2.24) is 0 Å². The maximum atomic E-state index is 0. The van der Waals surface area contributed by atoms with Crippen molar-refractivity contribution in [2.45, 2.75) is 0 Å². The van der Waals surface area contributed by atoms with Gasteiger partial charge in [-0.05, 0) is 0 Å². The predicted molar refractivity (Wildman–Crippen MR) is 15.8 cm³/mol. The van der Waals surface area contributed by atoms with E-state index in [0.29, 0.717) is 0 Å². The Hall–Kier alpha value is 4.14. The van der Waals surface area contributed by atoms with E-state index in [4.69, 9.17) is 0 Å². The van der Waals surface area contributed by atoms with Gasteiger partial charge in [0.15, 0.2) is 0 Å². The third kappa shape index (κ3) is 122. The molecule has 0 unspecified atom stereocenters. The van der Waals surface area contributed by atoms with Crippen LogP contribution < -0.4 is 37.7 Å². The van der Waals surface area contributed by atoms with E-state index in [2.05, 4.69) is 0 Å². The molecule has 0 aliphatic rings. The zero-order chi connectivity index (χ0) is 0. The summed E-state index contributed by atoms with van der Waals surface area (Å²) in [6, 6.07) is 0. The molecule has 0 aromatic carbocycles. The molecule has 0 rings (SSSR count). The molecule has 0 saturated heterocycles. The molecule has 66 valence electrons. The molecule has 3 nitrogen and oxygen atoms in total. The van der Waals surface area contributed by atoms with Gasteiger partial charge in [0.25, 0.3) is 0 Å². The number of hydrogen-bond donors (Lipinski definition) is 0. The molecule has 0 amide bonds. The van der Waals surface area contributed by atoms with Crippen molar-refractivity contribution in [3.05, 3.63) is 0 Å². The second-order valence-electron chi connectivity index (χ2n) is 0. The smallest absolute Gasteiger partial charge is 2.00 e. The van der Waals surface area contributed by atoms with E-state index < -0.39 is 0 Å². The van der Waals surface area contributed by atoms with Crippen LogP contribution in [0.1, 0.15) is 2.85 Å². The molecular formula is H2Al2Co2Li2Ni2O3. The fraction of sp³-hybridized carbons (Fsp3) is 0. The van der Waals surface area contributed by atoms with Gasteiger partial charge in [0.05, 0.1) is 0 Å². The Balaban J connectivity index is 0. The number of hydrogen-bond acceptors (Lipinski definition) is 0. The van der Waals surface area contributed by atoms with Crippen LogP contribution in [0.15, 0.2) is 0 Å². The van der Waals surface area contributed by atoms with Gasteiger partial charge in [-0.1, -0.05) is 0 Å². The fourth-order valence-electron chi connectivity index (χ4n) is 0. The Morgan fingerprint density at radius 2 is 0.545 bits per heavy atom.